The Kier molecular flexibility index (Phi) is 5.69. The molecule has 3 heterocycles. The monoisotopic (exact) mass is 402 g/mol. The summed E-state index contributed by atoms with van der Waals surface area (Å²) >= 11 is 0. The van der Waals surface area contributed by atoms with Crippen molar-refractivity contribution >= 4 is 5.78 Å². The fourth-order valence-corrected chi connectivity index (χ4v) is 3.23. The summed E-state index contributed by atoms with van der Waals surface area (Å²) in [6.07, 6.45) is 3.87. The lowest BCUT2D eigenvalue weighted by Gasteiger charge is -2.08. The van der Waals surface area contributed by atoms with Crippen LogP contribution in [0.5, 0.6) is 0 Å². The van der Waals surface area contributed by atoms with Crippen molar-refractivity contribution < 1.29 is 4.79 Å². The van der Waals surface area contributed by atoms with Crippen LogP contribution in [0.1, 0.15) is 48.7 Å². The zero-order valence-electron chi connectivity index (χ0n) is 16.9. The predicted molar refractivity (Wildman–Crippen MR) is 111 cm³/mol. The van der Waals surface area contributed by atoms with Gasteiger partial charge >= 0.3 is 0 Å². The average molecular weight is 402 g/mol. The highest BCUT2D eigenvalue weighted by atomic mass is 16.1. The van der Waals surface area contributed by atoms with Crippen LogP contribution in [0.3, 0.4) is 0 Å². The Bertz CT molecular complexity index is 1130. The van der Waals surface area contributed by atoms with Crippen molar-refractivity contribution in [1.82, 2.24) is 40.4 Å². The van der Waals surface area contributed by atoms with Gasteiger partial charge in [-0.3, -0.25) is 9.78 Å². The molecule has 1 N–H and O–H groups in total. The second kappa shape index (κ2) is 8.73. The summed E-state index contributed by atoms with van der Waals surface area (Å²) in [7, 11) is 0. The number of rotatable bonds is 8. The molecule has 0 fully saturated rings. The van der Waals surface area contributed by atoms with E-state index < -0.39 is 0 Å². The largest absolute Gasteiger partial charge is 0.291 e. The number of carbonyl (C=O) groups excluding carboxylic acids is 1. The van der Waals surface area contributed by atoms with Crippen LogP contribution in [0.25, 0.3) is 22.6 Å². The van der Waals surface area contributed by atoms with Gasteiger partial charge < -0.3 is 0 Å². The first-order valence-corrected chi connectivity index (χ1v) is 9.95. The minimum atomic E-state index is -0.0361. The van der Waals surface area contributed by atoms with E-state index in [0.717, 1.165) is 41.1 Å². The summed E-state index contributed by atoms with van der Waals surface area (Å²) in [4.78, 5) is 21.0. The molecule has 0 radical (unpaired) electrons. The number of ketones is 1. The molecule has 0 saturated heterocycles. The first-order chi connectivity index (χ1) is 14.7. The van der Waals surface area contributed by atoms with Gasteiger partial charge in [-0.25, -0.2) is 14.8 Å². The Morgan fingerprint density at radius 2 is 1.97 bits per heavy atom. The molecule has 0 amide bonds. The van der Waals surface area contributed by atoms with E-state index in [1.165, 1.54) is 0 Å². The third-order valence-electron chi connectivity index (χ3n) is 4.76. The number of nitrogens with one attached hydrogen (secondary N) is 1. The van der Waals surface area contributed by atoms with Crippen LogP contribution in [0.2, 0.25) is 0 Å². The predicted octanol–water partition coefficient (Wildman–Crippen LogP) is 3.11. The van der Waals surface area contributed by atoms with E-state index in [1.54, 1.807) is 6.20 Å². The molecular weight excluding hydrogens is 380 g/mol. The van der Waals surface area contributed by atoms with Gasteiger partial charge in [-0.05, 0) is 34.5 Å². The molecule has 9 heteroatoms. The number of H-pyrrole nitrogens is 1. The summed E-state index contributed by atoms with van der Waals surface area (Å²) in [5.74, 6) is 1.67. The lowest BCUT2D eigenvalue weighted by atomic mass is 10.0. The molecule has 3 aromatic heterocycles. The molecule has 4 rings (SSSR count). The fraction of sp³-hybridized carbons (Fsp3) is 0.286. The highest BCUT2D eigenvalue weighted by Gasteiger charge is 2.15. The first-order valence-electron chi connectivity index (χ1n) is 9.95. The molecule has 0 aliphatic carbocycles. The fourth-order valence-electron chi connectivity index (χ4n) is 3.23. The molecular formula is C21H22N8O. The molecule has 30 heavy (non-hydrogen) atoms. The first kappa shape index (κ1) is 19.6. The lowest BCUT2D eigenvalue weighted by molar-refractivity contribution is 0.0978. The quantitative estimate of drug-likeness (QED) is 0.450. The van der Waals surface area contributed by atoms with Crippen LogP contribution in [0, 0.1) is 0 Å². The van der Waals surface area contributed by atoms with Crippen LogP contribution in [-0.4, -0.2) is 46.2 Å². The Morgan fingerprint density at radius 1 is 1.13 bits per heavy atom. The number of benzene rings is 1. The third kappa shape index (κ3) is 4.00. The van der Waals surface area contributed by atoms with Gasteiger partial charge in [-0.1, -0.05) is 38.1 Å². The number of hydrogen-bond acceptors (Lipinski definition) is 7. The number of hydrogen-bond donors (Lipinski definition) is 1. The van der Waals surface area contributed by atoms with E-state index in [9.17, 15) is 4.79 Å². The molecule has 0 saturated carbocycles. The topological polar surface area (TPSA) is 115 Å². The summed E-state index contributed by atoms with van der Waals surface area (Å²) in [6, 6.07) is 11.9. The van der Waals surface area contributed by atoms with E-state index in [0.29, 0.717) is 24.6 Å². The molecule has 0 aliphatic heterocycles. The average Bonchev–Trinajstić information content (AvgIpc) is 3.45. The van der Waals surface area contributed by atoms with Gasteiger partial charge in [0, 0.05) is 30.2 Å². The summed E-state index contributed by atoms with van der Waals surface area (Å²) in [6.45, 7) is 4.46. The number of pyridine rings is 1. The molecule has 1 aromatic carbocycles. The molecule has 0 aliphatic rings. The molecule has 0 atom stereocenters. The number of nitrogens with zero attached hydrogens (tertiary/aromatic N) is 7. The van der Waals surface area contributed by atoms with Crippen LogP contribution in [0.4, 0.5) is 0 Å². The van der Waals surface area contributed by atoms with Crippen molar-refractivity contribution in [3.63, 3.8) is 0 Å². The third-order valence-corrected chi connectivity index (χ3v) is 4.76. The van der Waals surface area contributed by atoms with Crippen LogP contribution >= 0.6 is 0 Å². The highest BCUT2D eigenvalue weighted by molar-refractivity contribution is 5.92. The van der Waals surface area contributed by atoms with Gasteiger partial charge in [-0.15, -0.1) is 10.2 Å². The van der Waals surface area contributed by atoms with Crippen LogP contribution in [0.15, 0.2) is 42.6 Å². The van der Waals surface area contributed by atoms with Gasteiger partial charge in [0.2, 0.25) is 11.6 Å². The van der Waals surface area contributed by atoms with Crippen molar-refractivity contribution in [3.8, 4) is 22.6 Å². The van der Waals surface area contributed by atoms with E-state index in [2.05, 4.69) is 42.6 Å². The second-order valence-electron chi connectivity index (χ2n) is 6.88. The SMILES string of the molecule is CCCc1nc(C(=O)CC)nn1Cc1ccc(-c2ncccc2-c2nnn[nH]2)cc1. The standard InChI is InChI=1S/C21H22N8O/c1-3-6-18-23-21(17(30)4-2)26-29(18)13-14-8-10-15(11-9-14)19-16(7-5-12-22-19)20-24-27-28-25-20/h5,7-12H,3-4,6,13H2,1-2H3,(H,24,25,27,28). The maximum Gasteiger partial charge on any atom is 0.217 e. The van der Waals surface area contributed by atoms with Gasteiger partial charge in [0.05, 0.1) is 12.2 Å². The van der Waals surface area contributed by atoms with Gasteiger partial charge in [0.1, 0.15) is 5.82 Å². The minimum Gasteiger partial charge on any atom is -0.291 e. The number of aryl methyl sites for hydroxylation is 1. The van der Waals surface area contributed by atoms with Crippen molar-refractivity contribution in [2.75, 3.05) is 0 Å². The Labute approximate surface area is 173 Å². The summed E-state index contributed by atoms with van der Waals surface area (Å²) < 4.78 is 1.83. The summed E-state index contributed by atoms with van der Waals surface area (Å²) in [5, 5.41) is 18.5. The number of aromatic nitrogens is 8. The zero-order valence-corrected chi connectivity index (χ0v) is 16.9. The van der Waals surface area contributed by atoms with Crippen molar-refractivity contribution in [2.45, 2.75) is 39.7 Å². The Morgan fingerprint density at radius 3 is 2.67 bits per heavy atom. The molecule has 152 valence electrons. The van der Waals surface area contributed by atoms with Crippen molar-refractivity contribution in [1.29, 1.82) is 0 Å². The summed E-state index contributed by atoms with van der Waals surface area (Å²) in [5.41, 5.74) is 3.65. The van der Waals surface area contributed by atoms with Gasteiger partial charge in [0.25, 0.3) is 0 Å². The smallest absolute Gasteiger partial charge is 0.217 e. The Hall–Kier alpha value is -3.75. The minimum absolute atomic E-state index is 0.0361. The molecule has 0 bridgehead atoms. The second-order valence-corrected chi connectivity index (χ2v) is 6.88. The van der Waals surface area contributed by atoms with E-state index in [4.69, 9.17) is 0 Å². The Balaban J connectivity index is 1.60. The van der Waals surface area contributed by atoms with Crippen molar-refractivity contribution in [2.24, 2.45) is 0 Å². The maximum atomic E-state index is 12.0. The number of tetrazole rings is 1. The van der Waals surface area contributed by atoms with E-state index in [1.807, 2.05) is 48.0 Å². The van der Waals surface area contributed by atoms with E-state index in [-0.39, 0.29) is 5.78 Å². The molecule has 9 nitrogen and oxygen atoms in total. The van der Waals surface area contributed by atoms with Gasteiger partial charge in [-0.2, -0.15) is 0 Å². The van der Waals surface area contributed by atoms with Crippen molar-refractivity contribution in [3.05, 3.63) is 59.8 Å². The molecule has 0 unspecified atom stereocenters. The lowest BCUT2D eigenvalue weighted by Crippen LogP contribution is -2.07. The molecule has 0 spiro atoms. The maximum absolute atomic E-state index is 12.0. The normalized spacial score (nSPS) is 11.0. The van der Waals surface area contributed by atoms with E-state index >= 15 is 0 Å². The number of carbonyl (C=O) groups is 1. The van der Waals surface area contributed by atoms with Crippen LogP contribution in [-0.2, 0) is 13.0 Å². The zero-order chi connectivity index (χ0) is 20.9. The number of aromatic amines is 1. The van der Waals surface area contributed by atoms with Gasteiger partial charge in [0.15, 0.2) is 5.82 Å². The molecule has 4 aromatic rings. The van der Waals surface area contributed by atoms with Crippen LogP contribution < -0.4 is 0 Å². The highest BCUT2D eigenvalue weighted by Crippen LogP contribution is 2.27. The number of Topliss-reactive ketones (excluding diaryl/α,β-unsaturated/α-hetero) is 1.